The van der Waals surface area contributed by atoms with Gasteiger partial charge in [-0.1, -0.05) is 24.3 Å². The first kappa shape index (κ1) is 21.8. The molecule has 0 unspecified atom stereocenters. The first-order chi connectivity index (χ1) is 15.7. The molecule has 3 aromatic rings. The quantitative estimate of drug-likeness (QED) is 0.501. The molecule has 0 spiro atoms. The Morgan fingerprint density at radius 2 is 1.64 bits per heavy atom. The van der Waals surface area contributed by atoms with Gasteiger partial charge in [-0.2, -0.15) is 15.2 Å². The van der Waals surface area contributed by atoms with Crippen molar-refractivity contribution in [1.82, 2.24) is 0 Å². The molecule has 1 heterocycles. The Hall–Kier alpha value is -4.46. The van der Waals surface area contributed by atoms with Crippen molar-refractivity contribution in [3.8, 4) is 16.9 Å². The Bertz CT molecular complexity index is 1330. The zero-order valence-corrected chi connectivity index (χ0v) is 18.3. The first-order valence-corrected chi connectivity index (χ1v) is 10.2. The third-order valence-corrected chi connectivity index (χ3v) is 5.47. The van der Waals surface area contributed by atoms with Gasteiger partial charge in [-0.05, 0) is 79.4 Å². The molecule has 1 aliphatic rings. The predicted octanol–water partition coefficient (Wildman–Crippen LogP) is 4.56. The Labute approximate surface area is 190 Å². The Kier molecular flexibility index (Phi) is 5.66. The lowest BCUT2D eigenvalue weighted by molar-refractivity contribution is -0.112. The molecule has 0 radical (unpaired) electrons. The van der Waals surface area contributed by atoms with Crippen LogP contribution >= 0.6 is 0 Å². The normalized spacial score (nSPS) is 14.5. The minimum atomic E-state index is -1.19. The molecule has 166 valence electrons. The van der Waals surface area contributed by atoms with E-state index in [2.05, 4.69) is 15.6 Å². The average molecular weight is 442 g/mol. The van der Waals surface area contributed by atoms with Gasteiger partial charge in [-0.15, -0.1) is 0 Å². The third kappa shape index (κ3) is 4.31. The molecular formula is C25H22N4O4. The number of carboxylic acid groups (broad SMARTS) is 1. The minimum absolute atomic E-state index is 0.152. The Morgan fingerprint density at radius 1 is 0.939 bits per heavy atom. The molecule has 0 bridgehead atoms. The second kappa shape index (κ2) is 8.58. The van der Waals surface area contributed by atoms with E-state index >= 15 is 0 Å². The summed E-state index contributed by atoms with van der Waals surface area (Å²) in [6.45, 7) is 5.73. The molecule has 1 amide bonds. The van der Waals surface area contributed by atoms with Crippen molar-refractivity contribution >= 4 is 34.7 Å². The highest BCUT2D eigenvalue weighted by Crippen LogP contribution is 2.28. The number of nitrogens with zero attached hydrogens (tertiary/aromatic N) is 3. The van der Waals surface area contributed by atoms with Gasteiger partial charge in [0.25, 0.3) is 0 Å². The van der Waals surface area contributed by atoms with Crippen LogP contribution in [0.2, 0.25) is 0 Å². The summed E-state index contributed by atoms with van der Waals surface area (Å²) in [7, 11) is 0. The molecule has 0 atom stereocenters. The monoisotopic (exact) mass is 442 g/mol. The summed E-state index contributed by atoms with van der Waals surface area (Å²) >= 11 is 0. The van der Waals surface area contributed by atoms with Crippen molar-refractivity contribution in [2.75, 3.05) is 10.4 Å². The number of carbonyl (C=O) groups is 2. The van der Waals surface area contributed by atoms with Gasteiger partial charge >= 0.3 is 11.9 Å². The number of rotatable bonds is 5. The van der Waals surface area contributed by atoms with E-state index in [1.165, 1.54) is 17.1 Å². The van der Waals surface area contributed by atoms with E-state index in [9.17, 15) is 14.7 Å². The largest absolute Gasteiger partial charge is 0.507 e. The number of hydrogen-bond acceptors (Lipinski definition) is 6. The van der Waals surface area contributed by atoms with Crippen molar-refractivity contribution in [2.45, 2.75) is 20.8 Å². The molecule has 33 heavy (non-hydrogen) atoms. The summed E-state index contributed by atoms with van der Waals surface area (Å²) in [5.74, 6) is -1.79. The van der Waals surface area contributed by atoms with Gasteiger partial charge in [0.1, 0.15) is 11.3 Å². The van der Waals surface area contributed by atoms with E-state index in [-0.39, 0.29) is 22.9 Å². The number of amides is 1. The zero-order chi connectivity index (χ0) is 23.7. The van der Waals surface area contributed by atoms with E-state index in [0.717, 1.165) is 16.7 Å². The van der Waals surface area contributed by atoms with Crippen LogP contribution in [0.1, 0.15) is 28.4 Å². The fraction of sp³-hybridized carbons (Fsp3) is 0.120. The number of benzene rings is 3. The van der Waals surface area contributed by atoms with Crippen molar-refractivity contribution < 1.29 is 19.8 Å². The van der Waals surface area contributed by atoms with Crippen LogP contribution in [0.25, 0.3) is 11.1 Å². The van der Waals surface area contributed by atoms with Gasteiger partial charge in [0, 0.05) is 0 Å². The third-order valence-electron chi connectivity index (χ3n) is 5.47. The topological polar surface area (TPSA) is 115 Å². The van der Waals surface area contributed by atoms with Crippen LogP contribution in [0, 0.1) is 13.8 Å². The van der Waals surface area contributed by atoms with Crippen molar-refractivity contribution in [2.24, 2.45) is 10.2 Å². The molecule has 1 aliphatic heterocycles. The van der Waals surface area contributed by atoms with Crippen LogP contribution in [-0.4, -0.2) is 33.5 Å². The van der Waals surface area contributed by atoms with Crippen molar-refractivity contribution in [3.05, 3.63) is 77.4 Å². The van der Waals surface area contributed by atoms with Crippen LogP contribution in [0.4, 0.5) is 11.4 Å². The lowest BCUT2D eigenvalue weighted by Gasteiger charge is -2.13. The highest BCUT2D eigenvalue weighted by molar-refractivity contribution is 6.71. The molecule has 4 rings (SSSR count). The number of aromatic carboxylic acids is 1. The number of nitrogens with one attached hydrogen (secondary N) is 1. The van der Waals surface area contributed by atoms with E-state index in [1.807, 2.05) is 32.0 Å². The van der Waals surface area contributed by atoms with Crippen LogP contribution in [-0.2, 0) is 4.79 Å². The number of hydrogen-bond donors (Lipinski definition) is 3. The van der Waals surface area contributed by atoms with E-state index < -0.39 is 5.97 Å². The van der Waals surface area contributed by atoms with E-state index in [0.29, 0.717) is 22.6 Å². The molecule has 8 heteroatoms. The van der Waals surface area contributed by atoms with Gasteiger partial charge in [-0.25, -0.2) is 4.79 Å². The van der Waals surface area contributed by atoms with Gasteiger partial charge in [-0.3, -0.25) is 10.2 Å². The lowest BCUT2D eigenvalue weighted by Crippen LogP contribution is -2.28. The van der Waals surface area contributed by atoms with Crippen molar-refractivity contribution in [3.63, 3.8) is 0 Å². The number of phenols is 1. The van der Waals surface area contributed by atoms with Gasteiger partial charge in [0.15, 0.2) is 5.71 Å². The van der Waals surface area contributed by atoms with Crippen molar-refractivity contribution in [1.29, 1.82) is 0 Å². The number of aromatic hydroxyl groups is 1. The smallest absolute Gasteiger partial charge is 0.339 e. The molecule has 8 nitrogen and oxygen atoms in total. The van der Waals surface area contributed by atoms with Crippen LogP contribution in [0.15, 0.2) is 70.9 Å². The maximum absolute atomic E-state index is 12.9. The first-order valence-electron chi connectivity index (χ1n) is 10.2. The second-order valence-electron chi connectivity index (χ2n) is 7.76. The molecule has 0 aliphatic carbocycles. The fourth-order valence-electron chi connectivity index (χ4n) is 3.41. The molecule has 0 aromatic heterocycles. The van der Waals surface area contributed by atoms with Gasteiger partial charge in [0.05, 0.1) is 17.1 Å². The van der Waals surface area contributed by atoms with Gasteiger partial charge < -0.3 is 10.2 Å². The van der Waals surface area contributed by atoms with E-state index in [1.54, 1.807) is 37.3 Å². The number of hydrazone groups is 2. The standard InChI is InChI=1S/C25H22N4O4/c1-14-4-10-20(12-15(14)2)29-24(31)23(16(3)28-29)27-26-19-8-5-17(6-9-19)18-7-11-21(25(32)33)22(30)13-18/h4-13,26,30H,1-3H3,(H,32,33). The molecule has 0 fully saturated rings. The van der Waals surface area contributed by atoms with Crippen LogP contribution in [0.5, 0.6) is 5.75 Å². The molecule has 3 aromatic carbocycles. The number of anilines is 2. The summed E-state index contributed by atoms with van der Waals surface area (Å²) in [6.07, 6.45) is 0. The zero-order valence-electron chi connectivity index (χ0n) is 18.3. The highest BCUT2D eigenvalue weighted by atomic mass is 16.4. The Morgan fingerprint density at radius 3 is 2.27 bits per heavy atom. The second-order valence-corrected chi connectivity index (χ2v) is 7.76. The minimum Gasteiger partial charge on any atom is -0.507 e. The molecule has 0 saturated carbocycles. The fourth-order valence-corrected chi connectivity index (χ4v) is 3.41. The maximum Gasteiger partial charge on any atom is 0.339 e. The van der Waals surface area contributed by atoms with Crippen LogP contribution < -0.4 is 10.4 Å². The SMILES string of the molecule is CC1=NN(c2ccc(C)c(C)c2)C(=O)C1=NNc1ccc(-c2ccc(C(=O)O)c(O)c2)cc1. The molecule has 0 saturated heterocycles. The summed E-state index contributed by atoms with van der Waals surface area (Å²) in [6, 6.07) is 17.3. The molecule has 3 N–H and O–H groups in total. The summed E-state index contributed by atoms with van der Waals surface area (Å²) in [4.78, 5) is 23.9. The highest BCUT2D eigenvalue weighted by Gasteiger charge is 2.30. The maximum atomic E-state index is 12.9. The number of carbonyl (C=O) groups excluding carboxylic acids is 1. The average Bonchev–Trinajstić information content (AvgIpc) is 3.07. The summed E-state index contributed by atoms with van der Waals surface area (Å²) in [5.41, 5.74) is 8.49. The van der Waals surface area contributed by atoms with Crippen LogP contribution in [0.3, 0.4) is 0 Å². The number of aryl methyl sites for hydroxylation is 2. The van der Waals surface area contributed by atoms with Gasteiger partial charge in [0.2, 0.25) is 0 Å². The molecular weight excluding hydrogens is 420 g/mol. The lowest BCUT2D eigenvalue weighted by atomic mass is 10.0. The summed E-state index contributed by atoms with van der Waals surface area (Å²) < 4.78 is 0. The Balaban J connectivity index is 1.49. The summed E-state index contributed by atoms with van der Waals surface area (Å²) in [5, 5.41) is 28.9. The predicted molar refractivity (Wildman–Crippen MR) is 128 cm³/mol. The van der Waals surface area contributed by atoms with E-state index in [4.69, 9.17) is 5.11 Å². The number of carboxylic acids is 1.